The zero-order chi connectivity index (χ0) is 28.5. The highest BCUT2D eigenvalue weighted by molar-refractivity contribution is 14.1. The average molecular weight is 657 g/mol. The molecule has 0 spiro atoms. The van der Waals surface area contributed by atoms with E-state index in [1.54, 1.807) is 18.2 Å². The number of amides is 2. The number of benzene rings is 1. The first-order valence-corrected chi connectivity index (χ1v) is 14.9. The van der Waals surface area contributed by atoms with Gasteiger partial charge < -0.3 is 29.9 Å². The van der Waals surface area contributed by atoms with Crippen molar-refractivity contribution in [2.24, 2.45) is 5.92 Å². The van der Waals surface area contributed by atoms with Crippen LogP contribution >= 0.6 is 22.6 Å². The normalized spacial score (nSPS) is 22.0. The van der Waals surface area contributed by atoms with Crippen LogP contribution in [0.5, 0.6) is 11.5 Å². The van der Waals surface area contributed by atoms with Crippen molar-refractivity contribution < 1.29 is 34.1 Å². The Hall–Kier alpha value is -2.18. The Morgan fingerprint density at radius 1 is 1.21 bits per heavy atom. The third kappa shape index (κ3) is 8.17. The molecular weight excluding hydrogens is 615 g/mol. The Morgan fingerprint density at radius 3 is 2.49 bits per heavy atom. The van der Waals surface area contributed by atoms with Crippen molar-refractivity contribution in [3.8, 4) is 11.5 Å². The van der Waals surface area contributed by atoms with Gasteiger partial charge in [0.25, 0.3) is 0 Å². The van der Waals surface area contributed by atoms with Crippen LogP contribution in [0.4, 0.5) is 0 Å². The average Bonchev–Trinajstić information content (AvgIpc) is 3.19. The molecule has 10 heteroatoms. The summed E-state index contributed by atoms with van der Waals surface area (Å²) in [5.41, 5.74) is 0.808. The van der Waals surface area contributed by atoms with E-state index in [4.69, 9.17) is 9.47 Å². The van der Waals surface area contributed by atoms with E-state index in [-0.39, 0.29) is 43.3 Å². The number of hydrogen-bond acceptors (Lipinski definition) is 7. The number of hydrogen-bond donors (Lipinski definition) is 3. The molecule has 0 aromatic heterocycles. The Kier molecular flexibility index (Phi) is 12.1. The number of methoxy groups -OCH3 is 1. The van der Waals surface area contributed by atoms with Crippen LogP contribution in [0.15, 0.2) is 23.8 Å². The second-order valence-corrected chi connectivity index (χ2v) is 11.9. The SMILES string of the molecule is COc1cc(C=O)cc(I)c1O[C@H]1C=C(C(=O)NCCO)C[C@@H](N(C(=O)CC(C)C)C2CCCCCC2)[C@@H]1O. The summed E-state index contributed by atoms with van der Waals surface area (Å²) in [6.07, 6.45) is 6.74. The first kappa shape index (κ1) is 31.3. The van der Waals surface area contributed by atoms with Gasteiger partial charge in [-0.3, -0.25) is 14.4 Å². The zero-order valence-electron chi connectivity index (χ0n) is 23.0. The highest BCUT2D eigenvalue weighted by Gasteiger charge is 2.43. The van der Waals surface area contributed by atoms with Gasteiger partial charge in [-0.1, -0.05) is 39.5 Å². The maximum atomic E-state index is 13.7. The third-order valence-corrected chi connectivity index (χ3v) is 8.10. The number of rotatable bonds is 11. The lowest BCUT2D eigenvalue weighted by Gasteiger charge is -2.44. The van der Waals surface area contributed by atoms with E-state index in [0.29, 0.717) is 38.9 Å². The minimum absolute atomic E-state index is 0.0274. The highest BCUT2D eigenvalue weighted by Crippen LogP contribution is 2.38. The summed E-state index contributed by atoms with van der Waals surface area (Å²) in [6.45, 7) is 3.88. The Morgan fingerprint density at radius 2 is 1.90 bits per heavy atom. The molecule has 0 saturated heterocycles. The van der Waals surface area contributed by atoms with Crippen LogP contribution in [0, 0.1) is 9.49 Å². The van der Waals surface area contributed by atoms with Gasteiger partial charge in [0.15, 0.2) is 11.5 Å². The molecule has 0 heterocycles. The molecule has 1 aromatic rings. The van der Waals surface area contributed by atoms with E-state index >= 15 is 0 Å². The number of nitrogens with one attached hydrogen (secondary N) is 1. The highest BCUT2D eigenvalue weighted by atomic mass is 127. The Balaban J connectivity index is 2.04. The molecule has 39 heavy (non-hydrogen) atoms. The van der Waals surface area contributed by atoms with Gasteiger partial charge in [0, 0.05) is 36.6 Å². The Bertz CT molecular complexity index is 1040. The van der Waals surface area contributed by atoms with Crippen molar-refractivity contribution in [3.05, 3.63) is 32.9 Å². The van der Waals surface area contributed by atoms with Gasteiger partial charge in [0.05, 0.1) is 23.3 Å². The summed E-state index contributed by atoms with van der Waals surface area (Å²) in [4.78, 5) is 40.0. The minimum atomic E-state index is -1.11. The molecule has 0 aliphatic heterocycles. The van der Waals surface area contributed by atoms with E-state index < -0.39 is 18.2 Å². The van der Waals surface area contributed by atoms with E-state index in [9.17, 15) is 24.6 Å². The molecule has 2 aliphatic rings. The van der Waals surface area contributed by atoms with Crippen LogP contribution < -0.4 is 14.8 Å². The summed E-state index contributed by atoms with van der Waals surface area (Å²) < 4.78 is 12.4. The van der Waals surface area contributed by atoms with Crippen molar-refractivity contribution in [2.75, 3.05) is 20.3 Å². The van der Waals surface area contributed by atoms with Crippen molar-refractivity contribution in [3.63, 3.8) is 0 Å². The van der Waals surface area contributed by atoms with E-state index in [1.165, 1.54) is 7.11 Å². The standard InChI is InChI=1S/C29H41IN2O7/c1-18(2)12-26(35)32(21-8-6-4-5-7-9-21)23-15-20(29(37)31-10-11-33)16-24(27(23)36)39-28-22(30)13-19(17-34)14-25(28)38-3/h13-14,16-18,21,23-24,27,33,36H,4-12,15H2,1-3H3,(H,31,37)/t23-,24+,27+/m1/s1. The van der Waals surface area contributed by atoms with Gasteiger partial charge in [0.2, 0.25) is 11.8 Å². The van der Waals surface area contributed by atoms with Crippen LogP contribution in [-0.2, 0) is 9.59 Å². The summed E-state index contributed by atoms with van der Waals surface area (Å²) in [5.74, 6) is 0.413. The lowest BCUT2D eigenvalue weighted by atomic mass is 9.86. The molecule has 1 aromatic carbocycles. The smallest absolute Gasteiger partial charge is 0.247 e. The van der Waals surface area contributed by atoms with Gasteiger partial charge in [-0.2, -0.15) is 0 Å². The molecule has 3 atom stereocenters. The fourth-order valence-corrected chi connectivity index (χ4v) is 6.21. The first-order chi connectivity index (χ1) is 18.7. The fourth-order valence-electron chi connectivity index (χ4n) is 5.46. The van der Waals surface area contributed by atoms with Gasteiger partial charge >= 0.3 is 0 Å². The second-order valence-electron chi connectivity index (χ2n) is 10.7. The molecular formula is C29H41IN2O7. The monoisotopic (exact) mass is 656 g/mol. The van der Waals surface area contributed by atoms with Crippen molar-refractivity contribution in [1.82, 2.24) is 10.2 Å². The predicted molar refractivity (Wildman–Crippen MR) is 156 cm³/mol. The maximum Gasteiger partial charge on any atom is 0.247 e. The van der Waals surface area contributed by atoms with Gasteiger partial charge in [-0.15, -0.1) is 0 Å². The maximum absolute atomic E-state index is 13.7. The summed E-state index contributed by atoms with van der Waals surface area (Å²) in [7, 11) is 1.47. The van der Waals surface area contributed by atoms with Gasteiger partial charge in [-0.25, -0.2) is 0 Å². The van der Waals surface area contributed by atoms with E-state index in [1.807, 2.05) is 41.3 Å². The molecule has 0 bridgehead atoms. The number of aldehydes is 1. The molecule has 1 fully saturated rings. The zero-order valence-corrected chi connectivity index (χ0v) is 25.2. The van der Waals surface area contributed by atoms with Crippen molar-refractivity contribution in [2.45, 2.75) is 89.5 Å². The van der Waals surface area contributed by atoms with Crippen LogP contribution in [0.1, 0.15) is 75.6 Å². The lowest BCUT2D eigenvalue weighted by Crippen LogP contribution is -2.58. The minimum Gasteiger partial charge on any atom is -0.493 e. The number of nitrogens with zero attached hydrogens (tertiary/aromatic N) is 1. The van der Waals surface area contributed by atoms with E-state index in [0.717, 1.165) is 38.5 Å². The van der Waals surface area contributed by atoms with Crippen LogP contribution in [0.2, 0.25) is 0 Å². The molecule has 1 saturated carbocycles. The number of carbonyl (C=O) groups excluding carboxylic acids is 3. The lowest BCUT2D eigenvalue weighted by molar-refractivity contribution is -0.143. The predicted octanol–water partition coefficient (Wildman–Crippen LogP) is 3.63. The molecule has 0 radical (unpaired) electrons. The molecule has 3 rings (SSSR count). The fraction of sp³-hybridized carbons (Fsp3) is 0.621. The first-order valence-electron chi connectivity index (χ1n) is 13.8. The van der Waals surface area contributed by atoms with Crippen molar-refractivity contribution >= 4 is 40.7 Å². The number of halogens is 1. The molecule has 2 amide bonds. The quantitative estimate of drug-likeness (QED) is 0.189. The van der Waals surface area contributed by atoms with Crippen LogP contribution in [0.25, 0.3) is 0 Å². The number of carbonyl (C=O) groups is 3. The largest absolute Gasteiger partial charge is 0.493 e. The van der Waals surface area contributed by atoms with Gasteiger partial charge in [-0.05, 0) is 59.6 Å². The molecule has 216 valence electrons. The van der Waals surface area contributed by atoms with Crippen LogP contribution in [0.3, 0.4) is 0 Å². The van der Waals surface area contributed by atoms with E-state index in [2.05, 4.69) is 5.32 Å². The molecule has 2 aliphatic carbocycles. The summed E-state index contributed by atoms with van der Waals surface area (Å²) in [6, 6.07) is 2.52. The van der Waals surface area contributed by atoms with Gasteiger partial charge in [0.1, 0.15) is 18.5 Å². The number of aliphatic hydroxyl groups excluding tert-OH is 2. The van der Waals surface area contributed by atoms with Crippen molar-refractivity contribution in [1.29, 1.82) is 0 Å². The van der Waals surface area contributed by atoms with Crippen LogP contribution in [-0.4, -0.2) is 77.8 Å². The number of aliphatic hydroxyl groups is 2. The number of ether oxygens (including phenoxy) is 2. The summed E-state index contributed by atoms with van der Waals surface area (Å²) >= 11 is 2.04. The Labute approximate surface area is 244 Å². The second kappa shape index (κ2) is 15.0. The topological polar surface area (TPSA) is 125 Å². The third-order valence-electron chi connectivity index (χ3n) is 7.30. The molecule has 0 unspecified atom stereocenters. The molecule has 3 N–H and O–H groups in total. The molecule has 9 nitrogen and oxygen atoms in total. The summed E-state index contributed by atoms with van der Waals surface area (Å²) in [5, 5.41) is 23.7.